The summed E-state index contributed by atoms with van der Waals surface area (Å²) < 4.78 is 5.48. The van der Waals surface area contributed by atoms with Crippen molar-refractivity contribution in [3.63, 3.8) is 0 Å². The lowest BCUT2D eigenvalue weighted by Gasteiger charge is -2.07. The number of pyridine rings is 3. The van der Waals surface area contributed by atoms with E-state index >= 15 is 0 Å². The fourth-order valence-electron chi connectivity index (χ4n) is 3.06. The molecule has 0 saturated carbocycles. The molecule has 27 heavy (non-hydrogen) atoms. The maximum absolute atomic E-state index is 11.7. The van der Waals surface area contributed by atoms with Gasteiger partial charge in [0.2, 0.25) is 5.88 Å². The van der Waals surface area contributed by atoms with Crippen molar-refractivity contribution in [2.24, 2.45) is 5.92 Å². The van der Waals surface area contributed by atoms with Gasteiger partial charge in [0.1, 0.15) is 12.3 Å². The van der Waals surface area contributed by atoms with Gasteiger partial charge in [-0.1, -0.05) is 13.8 Å². The van der Waals surface area contributed by atoms with Crippen molar-refractivity contribution in [1.29, 1.82) is 0 Å². The quantitative estimate of drug-likeness (QED) is 0.558. The Balaban J connectivity index is 1.53. The van der Waals surface area contributed by atoms with Crippen LogP contribution < -0.4 is 4.74 Å². The third-order valence-corrected chi connectivity index (χ3v) is 4.31. The number of ketones is 1. The summed E-state index contributed by atoms with van der Waals surface area (Å²) in [6.45, 7) is 4.08. The van der Waals surface area contributed by atoms with E-state index in [2.05, 4.69) is 15.0 Å². The molecule has 1 N–H and O–H groups in total. The number of hydrogen-bond acceptors (Lipinski definition) is 5. The topological polar surface area (TPSA) is 80.8 Å². The van der Waals surface area contributed by atoms with Gasteiger partial charge in [0.25, 0.3) is 0 Å². The average Bonchev–Trinajstić information content (AvgIpc) is 3.04. The summed E-state index contributed by atoms with van der Waals surface area (Å²) in [6, 6.07) is 9.59. The van der Waals surface area contributed by atoms with Gasteiger partial charge in [0.15, 0.2) is 5.78 Å². The Kier molecular flexibility index (Phi) is 4.54. The molecule has 0 fully saturated rings. The van der Waals surface area contributed by atoms with E-state index in [1.165, 1.54) is 0 Å². The number of fused-ring (bicyclic) bond motifs is 3. The maximum Gasteiger partial charge on any atom is 0.213 e. The molecule has 0 atom stereocenters. The third kappa shape index (κ3) is 3.65. The minimum atomic E-state index is 0.0534. The molecule has 0 saturated heterocycles. The van der Waals surface area contributed by atoms with Gasteiger partial charge < -0.3 is 9.72 Å². The van der Waals surface area contributed by atoms with Gasteiger partial charge in [0, 0.05) is 47.4 Å². The molecule has 0 unspecified atom stereocenters. The first-order chi connectivity index (χ1) is 13.1. The number of carbonyl (C=O) groups is 1. The highest BCUT2D eigenvalue weighted by molar-refractivity contribution is 6.05. The van der Waals surface area contributed by atoms with Crippen molar-refractivity contribution < 1.29 is 9.53 Å². The van der Waals surface area contributed by atoms with Gasteiger partial charge in [-0.25, -0.2) is 9.97 Å². The van der Waals surface area contributed by atoms with Gasteiger partial charge in [-0.15, -0.1) is 0 Å². The molecular weight excluding hydrogens is 340 g/mol. The maximum atomic E-state index is 11.7. The predicted octanol–water partition coefficient (Wildman–Crippen LogP) is 4.17. The number of ether oxygens (including phenoxy) is 1. The summed E-state index contributed by atoms with van der Waals surface area (Å²) in [4.78, 5) is 28.2. The van der Waals surface area contributed by atoms with E-state index in [0.29, 0.717) is 18.2 Å². The Hall–Kier alpha value is -3.28. The number of hydrogen-bond donors (Lipinski definition) is 1. The molecule has 0 spiro atoms. The second kappa shape index (κ2) is 7.15. The van der Waals surface area contributed by atoms with Crippen LogP contribution in [0.5, 0.6) is 5.88 Å². The largest absolute Gasteiger partial charge is 0.470 e. The normalized spacial score (nSPS) is 11.4. The number of carbonyl (C=O) groups excluding carboxylic acids is 1. The molecule has 6 heteroatoms. The fraction of sp³-hybridized carbons (Fsp3) is 0.238. The van der Waals surface area contributed by atoms with Crippen LogP contribution in [0.1, 0.15) is 20.3 Å². The Morgan fingerprint density at radius 2 is 2.00 bits per heavy atom. The second-order valence-corrected chi connectivity index (χ2v) is 6.95. The van der Waals surface area contributed by atoms with Crippen molar-refractivity contribution in [2.45, 2.75) is 20.3 Å². The lowest BCUT2D eigenvalue weighted by molar-refractivity contribution is -0.121. The monoisotopic (exact) mass is 360 g/mol. The second-order valence-electron chi connectivity index (χ2n) is 6.95. The van der Waals surface area contributed by atoms with E-state index in [1.54, 1.807) is 18.5 Å². The van der Waals surface area contributed by atoms with Crippen LogP contribution in [-0.2, 0) is 4.79 Å². The lowest BCUT2D eigenvalue weighted by Crippen LogP contribution is -2.13. The zero-order valence-corrected chi connectivity index (χ0v) is 15.3. The third-order valence-electron chi connectivity index (χ3n) is 4.31. The number of nitrogens with one attached hydrogen (secondary N) is 1. The van der Waals surface area contributed by atoms with Gasteiger partial charge >= 0.3 is 0 Å². The standard InChI is InChI=1S/C21H20N4O2/c1-13(2)9-15(26)12-27-20-6-3-14(10-23-20)18-5-4-16-17-11-22-8-7-19(17)25-21(16)24-18/h3-8,10-11,13H,9,12H2,1-2H3,(H,24,25). The van der Waals surface area contributed by atoms with E-state index in [0.717, 1.165) is 33.2 Å². The zero-order chi connectivity index (χ0) is 18.8. The van der Waals surface area contributed by atoms with E-state index in [4.69, 9.17) is 9.72 Å². The van der Waals surface area contributed by atoms with E-state index in [-0.39, 0.29) is 12.4 Å². The highest BCUT2D eigenvalue weighted by Crippen LogP contribution is 2.26. The Morgan fingerprint density at radius 1 is 1.11 bits per heavy atom. The van der Waals surface area contributed by atoms with Gasteiger partial charge in [-0.3, -0.25) is 9.78 Å². The van der Waals surface area contributed by atoms with Crippen LogP contribution in [0.3, 0.4) is 0 Å². The van der Waals surface area contributed by atoms with Crippen molar-refractivity contribution >= 4 is 27.7 Å². The molecule has 4 heterocycles. The Bertz CT molecular complexity index is 1100. The summed E-state index contributed by atoms with van der Waals surface area (Å²) in [6.07, 6.45) is 5.82. The Labute approximate surface area is 156 Å². The number of aromatic nitrogens is 4. The fourth-order valence-corrected chi connectivity index (χ4v) is 3.06. The van der Waals surface area contributed by atoms with Crippen LogP contribution in [0, 0.1) is 5.92 Å². The highest BCUT2D eigenvalue weighted by atomic mass is 16.5. The van der Waals surface area contributed by atoms with E-state index in [1.807, 2.05) is 44.3 Å². The summed E-state index contributed by atoms with van der Waals surface area (Å²) in [5.74, 6) is 0.850. The van der Waals surface area contributed by atoms with Gasteiger partial charge in [-0.05, 0) is 30.2 Å². The van der Waals surface area contributed by atoms with Crippen molar-refractivity contribution in [3.8, 4) is 17.1 Å². The van der Waals surface area contributed by atoms with Gasteiger partial charge in [-0.2, -0.15) is 0 Å². The molecule has 4 aromatic heterocycles. The number of nitrogens with zero attached hydrogens (tertiary/aromatic N) is 3. The molecule has 4 rings (SSSR count). The first kappa shape index (κ1) is 17.1. The molecule has 0 radical (unpaired) electrons. The molecule has 0 aliphatic carbocycles. The molecule has 136 valence electrons. The first-order valence-corrected chi connectivity index (χ1v) is 8.93. The van der Waals surface area contributed by atoms with E-state index in [9.17, 15) is 4.79 Å². The average molecular weight is 360 g/mol. The van der Waals surface area contributed by atoms with Crippen LogP contribution in [-0.4, -0.2) is 32.3 Å². The molecule has 0 bridgehead atoms. The summed E-state index contributed by atoms with van der Waals surface area (Å²) in [7, 11) is 0. The zero-order valence-electron chi connectivity index (χ0n) is 15.3. The van der Waals surface area contributed by atoms with Crippen LogP contribution in [0.25, 0.3) is 33.2 Å². The predicted molar refractivity (Wildman–Crippen MR) is 105 cm³/mol. The number of aromatic amines is 1. The number of H-pyrrole nitrogens is 1. The molecule has 0 aromatic carbocycles. The van der Waals surface area contributed by atoms with Crippen LogP contribution >= 0.6 is 0 Å². The lowest BCUT2D eigenvalue weighted by atomic mass is 10.1. The molecule has 4 aromatic rings. The number of Topliss-reactive ketones (excluding diaryl/α,β-unsaturated/α-hetero) is 1. The van der Waals surface area contributed by atoms with Crippen LogP contribution in [0.4, 0.5) is 0 Å². The van der Waals surface area contributed by atoms with Crippen molar-refractivity contribution in [3.05, 3.63) is 48.9 Å². The molecule has 0 aliphatic rings. The molecule has 0 aliphatic heterocycles. The van der Waals surface area contributed by atoms with E-state index < -0.39 is 0 Å². The van der Waals surface area contributed by atoms with Crippen LogP contribution in [0.15, 0.2) is 48.9 Å². The first-order valence-electron chi connectivity index (χ1n) is 8.93. The number of rotatable bonds is 6. The summed E-state index contributed by atoms with van der Waals surface area (Å²) in [5.41, 5.74) is 3.53. The summed E-state index contributed by atoms with van der Waals surface area (Å²) >= 11 is 0. The van der Waals surface area contributed by atoms with Gasteiger partial charge in [0.05, 0.1) is 11.2 Å². The minimum absolute atomic E-state index is 0.0534. The SMILES string of the molecule is CC(C)CC(=O)COc1ccc(-c2ccc3c(n2)[nH]c2ccncc23)cn1. The van der Waals surface area contributed by atoms with Crippen molar-refractivity contribution in [1.82, 2.24) is 19.9 Å². The Morgan fingerprint density at radius 3 is 2.78 bits per heavy atom. The highest BCUT2D eigenvalue weighted by Gasteiger charge is 2.09. The minimum Gasteiger partial charge on any atom is -0.470 e. The molecule has 0 amide bonds. The van der Waals surface area contributed by atoms with Crippen LogP contribution in [0.2, 0.25) is 0 Å². The summed E-state index contributed by atoms with van der Waals surface area (Å²) in [5, 5.41) is 2.10. The smallest absolute Gasteiger partial charge is 0.213 e. The molecular formula is C21H20N4O2. The molecule has 6 nitrogen and oxygen atoms in total. The van der Waals surface area contributed by atoms with Crippen molar-refractivity contribution in [2.75, 3.05) is 6.61 Å².